The highest BCUT2D eigenvalue weighted by atomic mass is 32.2. The highest BCUT2D eigenvalue weighted by molar-refractivity contribution is 7.90. The molecule has 1 aromatic carbocycles. The van der Waals surface area contributed by atoms with Crippen molar-refractivity contribution in [3.8, 4) is 6.07 Å². The van der Waals surface area contributed by atoms with Gasteiger partial charge in [-0.1, -0.05) is 12.1 Å². The van der Waals surface area contributed by atoms with Gasteiger partial charge in [0.15, 0.2) is 0 Å². The Kier molecular flexibility index (Phi) is 2.95. The van der Waals surface area contributed by atoms with Crippen LogP contribution in [0.4, 0.5) is 0 Å². The lowest BCUT2D eigenvalue weighted by Gasteiger charge is -2.05. The molecule has 1 aliphatic rings. The van der Waals surface area contributed by atoms with Gasteiger partial charge in [-0.25, -0.2) is 13.1 Å². The average Bonchev–Trinajstić information content (AvgIpc) is 3.11. The molecule has 0 bridgehead atoms. The summed E-state index contributed by atoms with van der Waals surface area (Å²) in [6.45, 7) is 0.258. The summed E-state index contributed by atoms with van der Waals surface area (Å²) in [6, 6.07) is 8.96. The fourth-order valence-corrected chi connectivity index (χ4v) is 2.79. The van der Waals surface area contributed by atoms with E-state index < -0.39 is 10.0 Å². The molecular formula is C11H12N2O2S. The minimum atomic E-state index is -3.14. The van der Waals surface area contributed by atoms with E-state index in [0.717, 1.165) is 18.4 Å². The van der Waals surface area contributed by atoms with Crippen LogP contribution < -0.4 is 4.72 Å². The molecule has 0 aliphatic heterocycles. The van der Waals surface area contributed by atoms with Gasteiger partial charge in [0.2, 0.25) is 10.0 Å². The third-order valence-corrected chi connectivity index (χ3v) is 4.39. The molecule has 4 nitrogen and oxygen atoms in total. The minimum Gasteiger partial charge on any atom is -0.212 e. The van der Waals surface area contributed by atoms with Crippen molar-refractivity contribution >= 4 is 10.0 Å². The topological polar surface area (TPSA) is 70.0 Å². The van der Waals surface area contributed by atoms with Crippen molar-refractivity contribution in [1.82, 2.24) is 4.72 Å². The second-order valence-corrected chi connectivity index (χ2v) is 5.92. The summed E-state index contributed by atoms with van der Waals surface area (Å²) in [6.07, 6.45) is 1.52. The van der Waals surface area contributed by atoms with Gasteiger partial charge in [-0.05, 0) is 30.5 Å². The van der Waals surface area contributed by atoms with Crippen LogP contribution in [0.3, 0.4) is 0 Å². The quantitative estimate of drug-likeness (QED) is 0.852. The van der Waals surface area contributed by atoms with Crippen LogP contribution in [0.5, 0.6) is 0 Å². The summed E-state index contributed by atoms with van der Waals surface area (Å²) in [5, 5.41) is 8.50. The maximum absolute atomic E-state index is 11.5. The van der Waals surface area contributed by atoms with Crippen LogP contribution in [0.2, 0.25) is 0 Å². The first-order valence-corrected chi connectivity index (χ1v) is 6.64. The molecule has 84 valence electrons. The molecule has 0 amide bonds. The zero-order valence-electron chi connectivity index (χ0n) is 8.68. The smallest absolute Gasteiger partial charge is 0.212 e. The predicted octanol–water partition coefficient (Wildman–Crippen LogP) is 1.14. The average molecular weight is 236 g/mol. The Morgan fingerprint density at radius 3 is 2.81 bits per heavy atom. The Hall–Kier alpha value is -1.38. The van der Waals surface area contributed by atoms with Gasteiger partial charge in [0.1, 0.15) is 0 Å². The first-order valence-electron chi connectivity index (χ1n) is 5.09. The molecule has 2 rings (SSSR count). The van der Waals surface area contributed by atoms with E-state index in [-0.39, 0.29) is 11.8 Å². The van der Waals surface area contributed by atoms with Crippen molar-refractivity contribution in [1.29, 1.82) is 5.26 Å². The summed E-state index contributed by atoms with van der Waals surface area (Å²) in [5.74, 6) is 0. The molecule has 1 aromatic rings. The highest BCUT2D eigenvalue weighted by Gasteiger charge is 2.35. The Morgan fingerprint density at radius 2 is 2.19 bits per heavy atom. The van der Waals surface area contributed by atoms with Crippen LogP contribution in [0.1, 0.15) is 24.0 Å². The fraction of sp³-hybridized carbons (Fsp3) is 0.364. The zero-order valence-corrected chi connectivity index (χ0v) is 9.50. The maximum Gasteiger partial charge on any atom is 0.214 e. The van der Waals surface area contributed by atoms with Gasteiger partial charge in [-0.3, -0.25) is 0 Å². The van der Waals surface area contributed by atoms with Crippen LogP contribution in [0.25, 0.3) is 0 Å². The Morgan fingerprint density at radius 1 is 1.44 bits per heavy atom. The van der Waals surface area contributed by atoms with Crippen molar-refractivity contribution < 1.29 is 8.42 Å². The lowest BCUT2D eigenvalue weighted by molar-refractivity contribution is 0.580. The molecular weight excluding hydrogens is 224 g/mol. The highest BCUT2D eigenvalue weighted by Crippen LogP contribution is 2.27. The van der Waals surface area contributed by atoms with Gasteiger partial charge >= 0.3 is 0 Å². The normalized spacial score (nSPS) is 15.7. The van der Waals surface area contributed by atoms with Crippen LogP contribution in [0.15, 0.2) is 24.3 Å². The number of sulfonamides is 1. The van der Waals surface area contributed by atoms with E-state index in [2.05, 4.69) is 4.72 Å². The number of rotatable bonds is 4. The fourth-order valence-electron chi connectivity index (χ4n) is 1.43. The van der Waals surface area contributed by atoms with Crippen molar-refractivity contribution in [2.75, 3.05) is 0 Å². The third kappa shape index (κ3) is 2.60. The third-order valence-electron chi connectivity index (χ3n) is 2.50. The predicted molar refractivity (Wildman–Crippen MR) is 59.9 cm³/mol. The second kappa shape index (κ2) is 4.24. The van der Waals surface area contributed by atoms with E-state index in [1.807, 2.05) is 6.07 Å². The molecule has 0 atom stereocenters. The molecule has 0 spiro atoms. The number of nitriles is 1. The first kappa shape index (κ1) is 11.1. The van der Waals surface area contributed by atoms with Gasteiger partial charge in [-0.2, -0.15) is 5.26 Å². The van der Waals surface area contributed by atoms with Gasteiger partial charge in [0.05, 0.1) is 16.9 Å². The van der Waals surface area contributed by atoms with Gasteiger partial charge < -0.3 is 0 Å². The van der Waals surface area contributed by atoms with Crippen molar-refractivity contribution in [3.63, 3.8) is 0 Å². The summed E-state index contributed by atoms with van der Waals surface area (Å²) < 4.78 is 25.6. The van der Waals surface area contributed by atoms with E-state index in [1.165, 1.54) is 0 Å². The summed E-state index contributed by atoms with van der Waals surface area (Å²) in [5.41, 5.74) is 1.35. The van der Waals surface area contributed by atoms with Crippen LogP contribution in [-0.2, 0) is 16.6 Å². The molecule has 0 heterocycles. The minimum absolute atomic E-state index is 0.202. The summed E-state index contributed by atoms with van der Waals surface area (Å²) in [4.78, 5) is 0. The standard InChI is InChI=1S/C11H12N2O2S/c12-7-9-2-1-3-10(6-9)8-13-16(14,15)11-4-5-11/h1-3,6,11,13H,4-5,8H2. The molecule has 16 heavy (non-hydrogen) atoms. The molecule has 1 saturated carbocycles. The number of nitrogens with one attached hydrogen (secondary N) is 1. The lowest BCUT2D eigenvalue weighted by Crippen LogP contribution is -2.26. The van der Waals surface area contributed by atoms with Crippen LogP contribution >= 0.6 is 0 Å². The number of hydrogen-bond acceptors (Lipinski definition) is 3. The molecule has 0 unspecified atom stereocenters. The largest absolute Gasteiger partial charge is 0.214 e. The van der Waals surface area contributed by atoms with E-state index in [4.69, 9.17) is 5.26 Å². The van der Waals surface area contributed by atoms with E-state index in [0.29, 0.717) is 5.56 Å². The zero-order chi connectivity index (χ0) is 11.6. The van der Waals surface area contributed by atoms with Crippen LogP contribution in [-0.4, -0.2) is 13.7 Å². The molecule has 1 fully saturated rings. The Bertz CT molecular complexity index is 527. The SMILES string of the molecule is N#Cc1cccc(CNS(=O)(=O)C2CC2)c1. The number of nitrogens with zero attached hydrogens (tertiary/aromatic N) is 1. The Balaban J connectivity index is 2.02. The van der Waals surface area contributed by atoms with Crippen molar-refractivity contribution in [3.05, 3.63) is 35.4 Å². The summed E-state index contributed by atoms with van der Waals surface area (Å²) in [7, 11) is -3.14. The van der Waals surface area contributed by atoms with Gasteiger partial charge in [0.25, 0.3) is 0 Å². The molecule has 0 saturated heterocycles. The van der Waals surface area contributed by atoms with E-state index in [9.17, 15) is 8.42 Å². The molecule has 5 heteroatoms. The van der Waals surface area contributed by atoms with Gasteiger partial charge in [-0.15, -0.1) is 0 Å². The van der Waals surface area contributed by atoms with E-state index >= 15 is 0 Å². The number of benzene rings is 1. The second-order valence-electron chi connectivity index (χ2n) is 3.88. The molecule has 1 N–H and O–H groups in total. The van der Waals surface area contributed by atoms with E-state index in [1.54, 1.807) is 24.3 Å². The number of hydrogen-bond donors (Lipinski definition) is 1. The molecule has 0 aromatic heterocycles. The van der Waals surface area contributed by atoms with Gasteiger partial charge in [0, 0.05) is 6.54 Å². The lowest BCUT2D eigenvalue weighted by atomic mass is 10.1. The van der Waals surface area contributed by atoms with Crippen molar-refractivity contribution in [2.24, 2.45) is 0 Å². The molecule has 1 aliphatic carbocycles. The van der Waals surface area contributed by atoms with Crippen molar-refractivity contribution in [2.45, 2.75) is 24.6 Å². The first-order chi connectivity index (χ1) is 7.62. The summed E-state index contributed by atoms with van der Waals surface area (Å²) >= 11 is 0. The monoisotopic (exact) mass is 236 g/mol. The molecule has 0 radical (unpaired) electrons. The van der Waals surface area contributed by atoms with Crippen LogP contribution in [0, 0.1) is 11.3 Å². The Labute approximate surface area is 95.0 Å². The maximum atomic E-state index is 11.5.